The number of nitrogens with zero attached hydrogens (tertiary/aromatic N) is 1. The van der Waals surface area contributed by atoms with Crippen molar-refractivity contribution in [1.82, 2.24) is 15.3 Å². The fourth-order valence-electron chi connectivity index (χ4n) is 1.38. The van der Waals surface area contributed by atoms with Crippen LogP contribution in [-0.2, 0) is 0 Å². The van der Waals surface area contributed by atoms with Crippen molar-refractivity contribution in [2.45, 2.75) is 13.0 Å². The highest BCUT2D eigenvalue weighted by atomic mass is 32.2. The van der Waals surface area contributed by atoms with Gasteiger partial charge in [-0.25, -0.2) is 4.98 Å². The van der Waals surface area contributed by atoms with E-state index in [-0.39, 0.29) is 0 Å². The largest absolute Gasteiger partial charge is 0.345 e. The molecule has 1 aliphatic heterocycles. The molecule has 2 heterocycles. The lowest BCUT2D eigenvalue weighted by atomic mass is 10.2. The zero-order valence-corrected chi connectivity index (χ0v) is 7.95. The second kappa shape index (κ2) is 3.49. The number of aromatic amines is 1. The van der Waals surface area contributed by atoms with Gasteiger partial charge in [0, 0.05) is 24.2 Å². The Morgan fingerprint density at radius 2 is 2.58 bits per heavy atom. The molecule has 1 atom stereocenters. The van der Waals surface area contributed by atoms with Gasteiger partial charge in [0.25, 0.3) is 0 Å². The lowest BCUT2D eigenvalue weighted by Gasteiger charge is -2.21. The van der Waals surface area contributed by atoms with E-state index in [0.717, 1.165) is 18.1 Å². The number of thioether (sulfide) groups is 1. The predicted molar refractivity (Wildman–Crippen MR) is 51.4 cm³/mol. The minimum Gasteiger partial charge on any atom is -0.345 e. The summed E-state index contributed by atoms with van der Waals surface area (Å²) in [6, 6.07) is 0.477. The molecule has 1 saturated heterocycles. The minimum atomic E-state index is 0.477. The average Bonchev–Trinajstić information content (AvgIpc) is 2.54. The monoisotopic (exact) mass is 183 g/mol. The molecule has 0 spiro atoms. The number of hydrogen-bond acceptors (Lipinski definition) is 3. The van der Waals surface area contributed by atoms with E-state index < -0.39 is 0 Å². The molecule has 1 aromatic rings. The maximum atomic E-state index is 4.19. The molecule has 0 bridgehead atoms. The van der Waals surface area contributed by atoms with Crippen molar-refractivity contribution in [3.05, 3.63) is 17.7 Å². The van der Waals surface area contributed by atoms with Crippen LogP contribution in [0.25, 0.3) is 0 Å². The first-order valence-electron chi connectivity index (χ1n) is 4.19. The number of H-pyrrole nitrogens is 1. The number of hydrogen-bond donors (Lipinski definition) is 2. The lowest BCUT2D eigenvalue weighted by molar-refractivity contribution is 0.582. The predicted octanol–water partition coefficient (Wildman–Crippen LogP) is 1.10. The van der Waals surface area contributed by atoms with E-state index in [0.29, 0.717) is 6.04 Å². The van der Waals surface area contributed by atoms with Crippen LogP contribution in [0.15, 0.2) is 6.20 Å². The normalized spacial score (nSPS) is 24.2. The highest BCUT2D eigenvalue weighted by Crippen LogP contribution is 2.19. The van der Waals surface area contributed by atoms with Crippen molar-refractivity contribution in [2.24, 2.45) is 0 Å². The lowest BCUT2D eigenvalue weighted by Crippen LogP contribution is -2.30. The van der Waals surface area contributed by atoms with E-state index in [1.54, 1.807) is 0 Å². The summed E-state index contributed by atoms with van der Waals surface area (Å²) in [5.74, 6) is 3.38. The van der Waals surface area contributed by atoms with Gasteiger partial charge in [-0.05, 0) is 6.92 Å². The molecule has 1 aromatic heterocycles. The SMILES string of the molecule is Cc1ncc(C2CSCCN2)[nH]1. The second-order valence-corrected chi connectivity index (χ2v) is 4.16. The van der Waals surface area contributed by atoms with Gasteiger partial charge in [-0.1, -0.05) is 0 Å². The molecule has 2 N–H and O–H groups in total. The van der Waals surface area contributed by atoms with E-state index >= 15 is 0 Å². The summed E-state index contributed by atoms with van der Waals surface area (Å²) in [6.07, 6.45) is 1.93. The number of imidazole rings is 1. The van der Waals surface area contributed by atoms with Crippen LogP contribution in [0.1, 0.15) is 17.6 Å². The summed E-state index contributed by atoms with van der Waals surface area (Å²) < 4.78 is 0. The Hall–Kier alpha value is -0.480. The van der Waals surface area contributed by atoms with Gasteiger partial charge in [-0.3, -0.25) is 0 Å². The molecule has 2 rings (SSSR count). The molecular formula is C8H13N3S. The Morgan fingerprint density at radius 1 is 1.67 bits per heavy atom. The van der Waals surface area contributed by atoms with E-state index in [1.165, 1.54) is 11.4 Å². The smallest absolute Gasteiger partial charge is 0.103 e. The topological polar surface area (TPSA) is 40.7 Å². The molecule has 3 nitrogen and oxygen atoms in total. The minimum absolute atomic E-state index is 0.477. The van der Waals surface area contributed by atoms with Crippen molar-refractivity contribution >= 4 is 11.8 Å². The fraction of sp³-hybridized carbons (Fsp3) is 0.625. The van der Waals surface area contributed by atoms with Crippen molar-refractivity contribution in [3.8, 4) is 0 Å². The van der Waals surface area contributed by atoms with Gasteiger partial charge in [0.1, 0.15) is 5.82 Å². The Balaban J connectivity index is 2.08. The first-order chi connectivity index (χ1) is 5.86. The molecule has 0 saturated carbocycles. The molecule has 1 unspecified atom stereocenters. The van der Waals surface area contributed by atoms with Gasteiger partial charge < -0.3 is 10.3 Å². The summed E-state index contributed by atoms with van der Waals surface area (Å²) in [5, 5.41) is 3.46. The van der Waals surface area contributed by atoms with E-state index in [4.69, 9.17) is 0 Å². The first-order valence-corrected chi connectivity index (χ1v) is 5.34. The Labute approximate surface area is 76.4 Å². The molecule has 12 heavy (non-hydrogen) atoms. The van der Waals surface area contributed by atoms with Gasteiger partial charge in [-0.2, -0.15) is 11.8 Å². The molecule has 0 amide bonds. The zero-order valence-electron chi connectivity index (χ0n) is 7.13. The first kappa shape index (κ1) is 8.13. The molecule has 4 heteroatoms. The van der Waals surface area contributed by atoms with Gasteiger partial charge in [0.2, 0.25) is 0 Å². The highest BCUT2D eigenvalue weighted by Gasteiger charge is 2.16. The molecule has 66 valence electrons. The molecular weight excluding hydrogens is 170 g/mol. The van der Waals surface area contributed by atoms with Crippen LogP contribution in [0, 0.1) is 6.92 Å². The van der Waals surface area contributed by atoms with E-state index in [1.807, 2.05) is 24.9 Å². The van der Waals surface area contributed by atoms with Crippen LogP contribution in [-0.4, -0.2) is 28.0 Å². The van der Waals surface area contributed by atoms with E-state index in [9.17, 15) is 0 Å². The van der Waals surface area contributed by atoms with Crippen LogP contribution < -0.4 is 5.32 Å². The van der Waals surface area contributed by atoms with Crippen molar-refractivity contribution in [2.75, 3.05) is 18.1 Å². The zero-order chi connectivity index (χ0) is 8.39. The molecule has 1 fully saturated rings. The van der Waals surface area contributed by atoms with Crippen LogP contribution >= 0.6 is 11.8 Å². The molecule has 1 aliphatic rings. The van der Waals surface area contributed by atoms with E-state index in [2.05, 4.69) is 15.3 Å². The number of aryl methyl sites for hydroxylation is 1. The number of rotatable bonds is 1. The van der Waals surface area contributed by atoms with Crippen LogP contribution in [0.3, 0.4) is 0 Å². The average molecular weight is 183 g/mol. The van der Waals surface area contributed by atoms with Crippen LogP contribution in [0.2, 0.25) is 0 Å². The van der Waals surface area contributed by atoms with Crippen molar-refractivity contribution < 1.29 is 0 Å². The summed E-state index contributed by atoms with van der Waals surface area (Å²) in [7, 11) is 0. The standard InChI is InChI=1S/C8H13N3S/c1-6-10-4-7(11-6)8-5-12-3-2-9-8/h4,8-9H,2-3,5H2,1H3,(H,10,11). The highest BCUT2D eigenvalue weighted by molar-refractivity contribution is 7.99. The number of aromatic nitrogens is 2. The molecule has 0 aliphatic carbocycles. The van der Waals surface area contributed by atoms with Gasteiger partial charge in [0.05, 0.1) is 11.7 Å². The maximum Gasteiger partial charge on any atom is 0.103 e. The quantitative estimate of drug-likeness (QED) is 0.685. The van der Waals surface area contributed by atoms with Crippen LogP contribution in [0.5, 0.6) is 0 Å². The van der Waals surface area contributed by atoms with Crippen molar-refractivity contribution in [3.63, 3.8) is 0 Å². The van der Waals surface area contributed by atoms with Gasteiger partial charge in [0.15, 0.2) is 0 Å². The third-order valence-electron chi connectivity index (χ3n) is 2.02. The Bertz CT molecular complexity index is 253. The summed E-state index contributed by atoms with van der Waals surface area (Å²) in [6.45, 7) is 3.09. The van der Waals surface area contributed by atoms with Crippen molar-refractivity contribution in [1.29, 1.82) is 0 Å². The molecule has 0 radical (unpaired) electrons. The second-order valence-electron chi connectivity index (χ2n) is 3.01. The Kier molecular flexibility index (Phi) is 2.37. The summed E-state index contributed by atoms with van der Waals surface area (Å²) >= 11 is 2.00. The van der Waals surface area contributed by atoms with Gasteiger partial charge >= 0.3 is 0 Å². The number of nitrogens with one attached hydrogen (secondary N) is 2. The molecule has 0 aromatic carbocycles. The fourth-order valence-corrected chi connectivity index (χ4v) is 2.34. The third-order valence-corrected chi connectivity index (χ3v) is 3.08. The summed E-state index contributed by atoms with van der Waals surface area (Å²) in [5.41, 5.74) is 1.22. The maximum absolute atomic E-state index is 4.19. The summed E-state index contributed by atoms with van der Waals surface area (Å²) in [4.78, 5) is 7.45. The Morgan fingerprint density at radius 3 is 3.17 bits per heavy atom. The van der Waals surface area contributed by atoms with Crippen LogP contribution in [0.4, 0.5) is 0 Å². The third kappa shape index (κ3) is 1.64. The van der Waals surface area contributed by atoms with Gasteiger partial charge in [-0.15, -0.1) is 0 Å².